The molecular weight excluding hydrogens is 295 g/mol. The number of aliphatic hydroxyl groups excluding tert-OH is 1. The number of rotatable bonds is 5. The van der Waals surface area contributed by atoms with Gasteiger partial charge in [0, 0.05) is 10.6 Å². The van der Waals surface area contributed by atoms with E-state index in [0.29, 0.717) is 22.6 Å². The van der Waals surface area contributed by atoms with E-state index in [1.165, 1.54) is 0 Å². The fourth-order valence-electron chi connectivity index (χ4n) is 2.15. The van der Waals surface area contributed by atoms with Crippen LogP contribution in [0, 0.1) is 5.92 Å². The number of halogens is 2. The Hall–Kier alpha value is -1.03. The first-order valence-corrected chi connectivity index (χ1v) is 7.36. The predicted octanol–water partition coefficient (Wildman–Crippen LogP) is 3.93. The van der Waals surface area contributed by atoms with Gasteiger partial charge in [0.15, 0.2) is 0 Å². The monoisotopic (exact) mass is 312 g/mol. The van der Waals surface area contributed by atoms with Gasteiger partial charge in [0.25, 0.3) is 0 Å². The molecule has 0 saturated heterocycles. The Balaban J connectivity index is 2.30. The molecule has 0 aliphatic carbocycles. The Bertz CT molecular complexity index is 594. The molecule has 1 heterocycles. The molecule has 0 unspecified atom stereocenters. The second-order valence-electron chi connectivity index (χ2n) is 5.26. The van der Waals surface area contributed by atoms with E-state index >= 15 is 0 Å². The highest BCUT2D eigenvalue weighted by Crippen LogP contribution is 2.24. The second-order valence-corrected chi connectivity index (χ2v) is 6.05. The zero-order valence-corrected chi connectivity index (χ0v) is 13.1. The van der Waals surface area contributed by atoms with E-state index in [9.17, 15) is 5.11 Å². The summed E-state index contributed by atoms with van der Waals surface area (Å²) in [5.74, 6) is 0.464. The molecule has 0 bridgehead atoms. The minimum Gasteiger partial charge on any atom is -0.391 e. The molecule has 0 spiro atoms. The second kappa shape index (κ2) is 6.61. The number of hydrogen-bond donors (Lipinski definition) is 1. The topological polar surface area (TPSA) is 38.0 Å². The SMILES string of the molecule is CC(C)Cc1nn(Cc2cccc(Cl)c2)c(Cl)c1CO. The molecule has 2 aromatic rings. The van der Waals surface area contributed by atoms with E-state index in [1.54, 1.807) is 4.68 Å². The predicted molar refractivity (Wildman–Crippen MR) is 82.3 cm³/mol. The molecule has 0 saturated carbocycles. The van der Waals surface area contributed by atoms with Crippen molar-refractivity contribution in [3.63, 3.8) is 0 Å². The van der Waals surface area contributed by atoms with Crippen LogP contribution >= 0.6 is 23.2 Å². The van der Waals surface area contributed by atoms with Crippen LogP contribution in [0.15, 0.2) is 24.3 Å². The standard InChI is InChI=1S/C15H18Cl2N2O/c1-10(2)6-14-13(9-20)15(17)19(18-14)8-11-4-3-5-12(16)7-11/h3-5,7,10,20H,6,8-9H2,1-2H3. The Labute approximate surface area is 129 Å². The molecule has 0 aliphatic heterocycles. The maximum absolute atomic E-state index is 9.48. The number of nitrogens with zero attached hydrogens (tertiary/aromatic N) is 2. The summed E-state index contributed by atoms with van der Waals surface area (Å²) in [7, 11) is 0. The van der Waals surface area contributed by atoms with Gasteiger partial charge >= 0.3 is 0 Å². The van der Waals surface area contributed by atoms with E-state index in [-0.39, 0.29) is 6.61 Å². The number of aromatic nitrogens is 2. The van der Waals surface area contributed by atoms with E-state index in [0.717, 1.165) is 23.2 Å². The van der Waals surface area contributed by atoms with Crippen LogP contribution in [0.3, 0.4) is 0 Å². The minimum atomic E-state index is -0.0869. The average molecular weight is 313 g/mol. The van der Waals surface area contributed by atoms with E-state index < -0.39 is 0 Å². The van der Waals surface area contributed by atoms with Crippen LogP contribution in [0.2, 0.25) is 10.2 Å². The highest BCUT2D eigenvalue weighted by atomic mass is 35.5. The number of benzene rings is 1. The molecule has 0 radical (unpaired) electrons. The molecule has 5 heteroatoms. The summed E-state index contributed by atoms with van der Waals surface area (Å²) in [5.41, 5.74) is 2.62. The van der Waals surface area contributed by atoms with Gasteiger partial charge in [0.2, 0.25) is 0 Å². The molecule has 2 rings (SSSR count). The summed E-state index contributed by atoms with van der Waals surface area (Å²) in [5, 5.41) is 15.2. The third-order valence-electron chi connectivity index (χ3n) is 3.05. The summed E-state index contributed by atoms with van der Waals surface area (Å²) < 4.78 is 1.72. The van der Waals surface area contributed by atoms with Crippen molar-refractivity contribution in [3.8, 4) is 0 Å². The van der Waals surface area contributed by atoms with Gasteiger partial charge in [-0.25, -0.2) is 4.68 Å². The van der Waals surface area contributed by atoms with Gasteiger partial charge < -0.3 is 5.11 Å². The van der Waals surface area contributed by atoms with Gasteiger partial charge in [-0.2, -0.15) is 5.10 Å². The van der Waals surface area contributed by atoms with Gasteiger partial charge in [-0.05, 0) is 30.0 Å². The zero-order chi connectivity index (χ0) is 14.7. The maximum atomic E-state index is 9.48. The first-order chi connectivity index (χ1) is 9.51. The van der Waals surface area contributed by atoms with Crippen molar-refractivity contribution in [2.75, 3.05) is 0 Å². The Morgan fingerprint density at radius 3 is 2.65 bits per heavy atom. The van der Waals surface area contributed by atoms with Crippen molar-refractivity contribution in [1.29, 1.82) is 0 Å². The van der Waals surface area contributed by atoms with Crippen LogP contribution in [0.25, 0.3) is 0 Å². The summed E-state index contributed by atoms with van der Waals surface area (Å²) in [6.45, 7) is 4.69. The lowest BCUT2D eigenvalue weighted by atomic mass is 10.1. The lowest BCUT2D eigenvalue weighted by Gasteiger charge is -2.04. The van der Waals surface area contributed by atoms with Crippen molar-refractivity contribution >= 4 is 23.2 Å². The summed E-state index contributed by atoms with van der Waals surface area (Å²) >= 11 is 12.3. The molecule has 1 N–H and O–H groups in total. The molecule has 0 atom stereocenters. The van der Waals surface area contributed by atoms with Gasteiger partial charge in [-0.1, -0.05) is 49.2 Å². The first-order valence-electron chi connectivity index (χ1n) is 6.60. The Morgan fingerprint density at radius 2 is 2.05 bits per heavy atom. The molecule has 20 heavy (non-hydrogen) atoms. The van der Waals surface area contributed by atoms with Crippen LogP contribution in [-0.2, 0) is 19.6 Å². The summed E-state index contributed by atoms with van der Waals surface area (Å²) in [6.07, 6.45) is 0.804. The third-order valence-corrected chi connectivity index (χ3v) is 3.70. The van der Waals surface area contributed by atoms with Crippen molar-refractivity contribution in [1.82, 2.24) is 9.78 Å². The van der Waals surface area contributed by atoms with E-state index in [4.69, 9.17) is 23.2 Å². The zero-order valence-electron chi connectivity index (χ0n) is 11.6. The molecule has 3 nitrogen and oxygen atoms in total. The fraction of sp³-hybridized carbons (Fsp3) is 0.400. The van der Waals surface area contributed by atoms with Gasteiger partial charge in [0.05, 0.1) is 18.8 Å². The van der Waals surface area contributed by atoms with E-state index in [1.807, 2.05) is 24.3 Å². The van der Waals surface area contributed by atoms with Crippen molar-refractivity contribution in [2.24, 2.45) is 5.92 Å². The quantitative estimate of drug-likeness (QED) is 0.908. The molecule has 1 aromatic carbocycles. The number of aliphatic hydroxyl groups is 1. The van der Waals surface area contributed by atoms with Crippen molar-refractivity contribution in [3.05, 3.63) is 51.3 Å². The molecule has 108 valence electrons. The third kappa shape index (κ3) is 3.54. The smallest absolute Gasteiger partial charge is 0.133 e. The summed E-state index contributed by atoms with van der Waals surface area (Å²) in [4.78, 5) is 0. The lowest BCUT2D eigenvalue weighted by Crippen LogP contribution is -2.03. The molecular formula is C15H18Cl2N2O. The lowest BCUT2D eigenvalue weighted by molar-refractivity contribution is 0.280. The normalized spacial score (nSPS) is 11.3. The van der Waals surface area contributed by atoms with Gasteiger partial charge in [-0.3, -0.25) is 0 Å². The Morgan fingerprint density at radius 1 is 1.30 bits per heavy atom. The molecule has 0 aliphatic rings. The van der Waals surface area contributed by atoms with Crippen LogP contribution in [0.1, 0.15) is 30.7 Å². The van der Waals surface area contributed by atoms with Crippen molar-refractivity contribution in [2.45, 2.75) is 33.4 Å². The minimum absolute atomic E-state index is 0.0869. The van der Waals surface area contributed by atoms with Crippen LogP contribution in [-0.4, -0.2) is 14.9 Å². The first kappa shape index (κ1) is 15.4. The largest absolute Gasteiger partial charge is 0.391 e. The maximum Gasteiger partial charge on any atom is 0.133 e. The van der Waals surface area contributed by atoms with Crippen LogP contribution in [0.5, 0.6) is 0 Å². The molecule has 1 aromatic heterocycles. The molecule has 0 fully saturated rings. The molecule has 0 amide bonds. The summed E-state index contributed by atoms with van der Waals surface area (Å²) in [6, 6.07) is 7.60. The highest BCUT2D eigenvalue weighted by Gasteiger charge is 2.16. The highest BCUT2D eigenvalue weighted by molar-refractivity contribution is 6.30. The van der Waals surface area contributed by atoms with Crippen molar-refractivity contribution < 1.29 is 5.11 Å². The van der Waals surface area contributed by atoms with Gasteiger partial charge in [0.1, 0.15) is 5.15 Å². The Kier molecular flexibility index (Phi) is 5.08. The van der Waals surface area contributed by atoms with Gasteiger partial charge in [-0.15, -0.1) is 0 Å². The van der Waals surface area contributed by atoms with E-state index in [2.05, 4.69) is 18.9 Å². The fourth-order valence-corrected chi connectivity index (χ4v) is 2.62. The van der Waals surface area contributed by atoms with Crippen LogP contribution < -0.4 is 0 Å². The number of hydrogen-bond acceptors (Lipinski definition) is 2. The van der Waals surface area contributed by atoms with Crippen LogP contribution in [0.4, 0.5) is 0 Å². The average Bonchev–Trinajstić information content (AvgIpc) is 2.64.